The molecule has 4 nitrogen and oxygen atoms in total. The predicted molar refractivity (Wildman–Crippen MR) is 82.0 cm³/mol. The Morgan fingerprint density at radius 2 is 2.22 bits per heavy atom. The molecule has 1 amide bonds. The van der Waals surface area contributed by atoms with Crippen LogP contribution < -0.4 is 16.0 Å². The van der Waals surface area contributed by atoms with Crippen LogP contribution in [-0.2, 0) is 4.79 Å². The molecule has 0 unspecified atom stereocenters. The maximum absolute atomic E-state index is 11.5. The van der Waals surface area contributed by atoms with E-state index in [0.717, 1.165) is 15.7 Å². The van der Waals surface area contributed by atoms with Crippen LogP contribution in [-0.4, -0.2) is 31.0 Å². The van der Waals surface area contributed by atoms with Crippen LogP contribution in [0, 0.1) is 0 Å². The molecule has 0 aliphatic heterocycles. The number of nitrogens with two attached hydrogens (primary N) is 1. The van der Waals surface area contributed by atoms with Crippen LogP contribution in [0.5, 0.6) is 0 Å². The van der Waals surface area contributed by atoms with Crippen molar-refractivity contribution in [2.24, 2.45) is 5.73 Å². The number of hydrogen-bond donors (Lipinski definition) is 2. The fraction of sp³-hybridized carbons (Fsp3) is 0.333. The monoisotopic (exact) mass is 329 g/mol. The first-order valence-electron chi connectivity index (χ1n) is 5.53. The van der Waals surface area contributed by atoms with Gasteiger partial charge in [-0.25, -0.2) is 0 Å². The van der Waals surface area contributed by atoms with Crippen LogP contribution in [0.25, 0.3) is 0 Å². The number of hydrogen-bond acceptors (Lipinski definition) is 3. The SMILES string of the molecule is CCNC(=O)CN(C)c1ccc(C(N)=S)cc1Br. The van der Waals surface area contributed by atoms with E-state index in [1.807, 2.05) is 37.1 Å². The van der Waals surface area contributed by atoms with E-state index in [1.165, 1.54) is 0 Å². The molecule has 1 aromatic rings. The third-order valence-corrected chi connectivity index (χ3v) is 3.27. The Morgan fingerprint density at radius 3 is 2.72 bits per heavy atom. The van der Waals surface area contributed by atoms with Gasteiger partial charge in [-0.1, -0.05) is 12.2 Å². The van der Waals surface area contributed by atoms with Crippen molar-refractivity contribution >= 4 is 44.7 Å². The number of carbonyl (C=O) groups is 1. The Bertz CT molecular complexity index is 465. The largest absolute Gasteiger partial charge is 0.389 e. The normalized spacial score (nSPS) is 9.94. The Labute approximate surface area is 121 Å². The molecular weight excluding hydrogens is 314 g/mol. The first-order chi connectivity index (χ1) is 8.45. The summed E-state index contributed by atoms with van der Waals surface area (Å²) >= 11 is 8.37. The van der Waals surface area contributed by atoms with Crippen LogP contribution in [0.1, 0.15) is 12.5 Å². The van der Waals surface area contributed by atoms with Gasteiger partial charge in [0.2, 0.25) is 5.91 Å². The number of rotatable bonds is 5. The summed E-state index contributed by atoms with van der Waals surface area (Å²) in [5.74, 6) is -0.00896. The second-order valence-corrected chi connectivity index (χ2v) is 5.13. The van der Waals surface area contributed by atoms with Crippen molar-refractivity contribution in [3.63, 3.8) is 0 Å². The first-order valence-corrected chi connectivity index (χ1v) is 6.73. The van der Waals surface area contributed by atoms with E-state index in [-0.39, 0.29) is 5.91 Å². The molecule has 0 heterocycles. The molecule has 3 N–H and O–H groups in total. The minimum atomic E-state index is -0.00896. The summed E-state index contributed by atoms with van der Waals surface area (Å²) in [6, 6.07) is 5.58. The third kappa shape index (κ3) is 3.96. The van der Waals surface area contributed by atoms with E-state index in [4.69, 9.17) is 18.0 Å². The van der Waals surface area contributed by atoms with Gasteiger partial charge in [-0.2, -0.15) is 0 Å². The first kappa shape index (κ1) is 14.9. The second-order valence-electron chi connectivity index (χ2n) is 3.84. The molecule has 0 fully saturated rings. The minimum Gasteiger partial charge on any atom is -0.389 e. The maximum atomic E-state index is 11.5. The Balaban J connectivity index is 2.83. The summed E-state index contributed by atoms with van der Waals surface area (Å²) in [7, 11) is 1.86. The lowest BCUT2D eigenvalue weighted by Gasteiger charge is -2.20. The van der Waals surface area contributed by atoms with Crippen molar-refractivity contribution in [2.75, 3.05) is 25.0 Å². The standard InChI is InChI=1S/C12H16BrN3OS/c1-3-15-11(17)7-16(2)10-5-4-8(12(14)18)6-9(10)13/h4-6H,3,7H2,1-2H3,(H2,14,18)(H,15,17). The van der Waals surface area contributed by atoms with E-state index in [1.54, 1.807) is 0 Å². The highest BCUT2D eigenvalue weighted by Gasteiger charge is 2.10. The van der Waals surface area contributed by atoms with Crippen molar-refractivity contribution in [3.8, 4) is 0 Å². The number of amides is 1. The zero-order chi connectivity index (χ0) is 13.7. The second kappa shape index (κ2) is 6.70. The molecule has 0 aliphatic rings. The fourth-order valence-electron chi connectivity index (χ4n) is 1.52. The van der Waals surface area contributed by atoms with Crippen molar-refractivity contribution < 1.29 is 4.79 Å². The molecular formula is C12H16BrN3OS. The molecule has 0 saturated carbocycles. The molecule has 0 aromatic heterocycles. The lowest BCUT2D eigenvalue weighted by molar-refractivity contribution is -0.119. The predicted octanol–water partition coefficient (Wildman–Crippen LogP) is 1.66. The summed E-state index contributed by atoms with van der Waals surface area (Å²) in [4.78, 5) is 13.7. The molecule has 0 spiro atoms. The Kier molecular flexibility index (Phi) is 5.55. The number of nitrogens with one attached hydrogen (secondary N) is 1. The van der Waals surface area contributed by atoms with E-state index < -0.39 is 0 Å². The summed E-state index contributed by atoms with van der Waals surface area (Å²) in [6.45, 7) is 2.83. The number of thiocarbonyl (C=S) groups is 1. The average molecular weight is 330 g/mol. The van der Waals surface area contributed by atoms with Gasteiger partial charge >= 0.3 is 0 Å². The fourth-order valence-corrected chi connectivity index (χ4v) is 2.33. The molecule has 0 saturated heterocycles. The molecule has 1 rings (SSSR count). The highest BCUT2D eigenvalue weighted by molar-refractivity contribution is 9.10. The summed E-state index contributed by atoms with van der Waals surface area (Å²) in [5, 5.41) is 2.76. The number of anilines is 1. The van der Waals surface area contributed by atoms with E-state index in [9.17, 15) is 4.79 Å². The van der Waals surface area contributed by atoms with Gasteiger partial charge in [0.25, 0.3) is 0 Å². The average Bonchev–Trinajstić information content (AvgIpc) is 2.28. The number of nitrogens with zero attached hydrogens (tertiary/aromatic N) is 1. The number of likely N-dealkylation sites (N-methyl/N-ethyl adjacent to an activating group) is 2. The van der Waals surface area contributed by atoms with Crippen molar-refractivity contribution in [2.45, 2.75) is 6.92 Å². The summed E-state index contributed by atoms with van der Waals surface area (Å²) in [5.41, 5.74) is 7.28. The van der Waals surface area contributed by atoms with Gasteiger partial charge < -0.3 is 16.0 Å². The van der Waals surface area contributed by atoms with Crippen molar-refractivity contribution in [3.05, 3.63) is 28.2 Å². The molecule has 6 heteroatoms. The van der Waals surface area contributed by atoms with E-state index in [2.05, 4.69) is 21.2 Å². The van der Waals surface area contributed by atoms with Crippen LogP contribution in [0.3, 0.4) is 0 Å². The zero-order valence-electron chi connectivity index (χ0n) is 10.4. The Morgan fingerprint density at radius 1 is 1.56 bits per heavy atom. The van der Waals surface area contributed by atoms with Gasteiger partial charge in [0, 0.05) is 23.6 Å². The van der Waals surface area contributed by atoms with Gasteiger partial charge in [-0.05, 0) is 41.1 Å². The Hall–Kier alpha value is -1.14. The summed E-state index contributed by atoms with van der Waals surface area (Å²) in [6.07, 6.45) is 0. The van der Waals surface area contributed by atoms with E-state index >= 15 is 0 Å². The summed E-state index contributed by atoms with van der Waals surface area (Å²) < 4.78 is 0.861. The highest BCUT2D eigenvalue weighted by atomic mass is 79.9. The number of halogens is 1. The van der Waals surface area contributed by atoms with Crippen LogP contribution in [0.15, 0.2) is 22.7 Å². The van der Waals surface area contributed by atoms with Gasteiger partial charge in [-0.15, -0.1) is 0 Å². The quantitative estimate of drug-likeness (QED) is 0.806. The van der Waals surface area contributed by atoms with Crippen LogP contribution in [0.4, 0.5) is 5.69 Å². The van der Waals surface area contributed by atoms with Crippen molar-refractivity contribution in [1.82, 2.24) is 5.32 Å². The minimum absolute atomic E-state index is 0.00896. The van der Waals surface area contributed by atoms with Gasteiger partial charge in [0.1, 0.15) is 4.99 Å². The van der Waals surface area contributed by atoms with Gasteiger partial charge in [-0.3, -0.25) is 4.79 Å². The third-order valence-electron chi connectivity index (χ3n) is 2.40. The van der Waals surface area contributed by atoms with Crippen LogP contribution in [0.2, 0.25) is 0 Å². The lowest BCUT2D eigenvalue weighted by Crippen LogP contribution is -2.35. The number of benzene rings is 1. The molecule has 98 valence electrons. The van der Waals surface area contributed by atoms with Gasteiger partial charge in [0.05, 0.1) is 12.2 Å². The molecule has 0 bridgehead atoms. The molecule has 0 atom stereocenters. The molecule has 0 aliphatic carbocycles. The topological polar surface area (TPSA) is 58.4 Å². The van der Waals surface area contributed by atoms with Crippen molar-refractivity contribution in [1.29, 1.82) is 0 Å². The lowest BCUT2D eigenvalue weighted by atomic mass is 10.2. The van der Waals surface area contributed by atoms with Gasteiger partial charge in [0.15, 0.2) is 0 Å². The number of carbonyl (C=O) groups excluding carboxylic acids is 1. The zero-order valence-corrected chi connectivity index (χ0v) is 12.8. The van der Waals surface area contributed by atoms with Crippen LogP contribution >= 0.6 is 28.1 Å². The van der Waals surface area contributed by atoms with E-state index in [0.29, 0.717) is 18.1 Å². The molecule has 18 heavy (non-hydrogen) atoms. The molecule has 0 radical (unpaired) electrons. The maximum Gasteiger partial charge on any atom is 0.239 e. The molecule has 1 aromatic carbocycles. The smallest absolute Gasteiger partial charge is 0.239 e. The highest BCUT2D eigenvalue weighted by Crippen LogP contribution is 2.26.